The van der Waals surface area contributed by atoms with Gasteiger partial charge in [0.2, 0.25) is 5.28 Å². The number of ether oxygens (including phenoxy) is 1. The van der Waals surface area contributed by atoms with E-state index in [1.54, 1.807) is 18.5 Å². The number of rotatable bonds is 3. The first kappa shape index (κ1) is 10.8. The van der Waals surface area contributed by atoms with E-state index in [0.717, 1.165) is 0 Å². The van der Waals surface area contributed by atoms with E-state index in [1.807, 2.05) is 13.8 Å². The lowest BCUT2D eigenvalue weighted by atomic mass is 10.5. The van der Waals surface area contributed by atoms with E-state index < -0.39 is 0 Å². The maximum Gasteiger partial charge on any atom is 0.322 e. The van der Waals surface area contributed by atoms with Gasteiger partial charge in [0.25, 0.3) is 5.95 Å². The van der Waals surface area contributed by atoms with Crippen molar-refractivity contribution in [2.75, 3.05) is 0 Å². The number of nitrogens with zero attached hydrogens (tertiary/aromatic N) is 5. The first-order chi connectivity index (χ1) is 7.65. The SMILES string of the molecule is CC(C)Oc1nc(Cl)nc(-n2cccn2)n1. The van der Waals surface area contributed by atoms with Gasteiger partial charge in [-0.2, -0.15) is 20.1 Å². The molecular formula is C9H10ClN5O. The fourth-order valence-electron chi connectivity index (χ4n) is 1.08. The van der Waals surface area contributed by atoms with Gasteiger partial charge in [-0.3, -0.25) is 0 Å². The monoisotopic (exact) mass is 239 g/mol. The maximum atomic E-state index is 5.77. The van der Waals surface area contributed by atoms with Gasteiger partial charge < -0.3 is 4.74 Å². The van der Waals surface area contributed by atoms with Gasteiger partial charge in [-0.1, -0.05) is 0 Å². The van der Waals surface area contributed by atoms with Crippen LogP contribution in [0.25, 0.3) is 5.95 Å². The quantitative estimate of drug-likeness (QED) is 0.812. The number of hydrogen-bond acceptors (Lipinski definition) is 5. The number of hydrogen-bond donors (Lipinski definition) is 0. The van der Waals surface area contributed by atoms with Crippen molar-refractivity contribution in [2.45, 2.75) is 20.0 Å². The Bertz CT molecular complexity index is 471. The zero-order valence-corrected chi connectivity index (χ0v) is 9.59. The molecule has 0 radical (unpaired) electrons. The molecule has 84 valence electrons. The molecule has 2 heterocycles. The Morgan fingerprint density at radius 1 is 1.31 bits per heavy atom. The predicted molar refractivity (Wildman–Crippen MR) is 57.7 cm³/mol. The normalized spacial score (nSPS) is 10.8. The first-order valence-electron chi connectivity index (χ1n) is 4.73. The van der Waals surface area contributed by atoms with Crippen LogP contribution in [0.15, 0.2) is 18.5 Å². The van der Waals surface area contributed by atoms with Crippen molar-refractivity contribution in [2.24, 2.45) is 0 Å². The van der Waals surface area contributed by atoms with Crippen molar-refractivity contribution in [1.82, 2.24) is 24.7 Å². The third-order valence-corrected chi connectivity index (χ3v) is 1.80. The Morgan fingerprint density at radius 3 is 2.75 bits per heavy atom. The minimum Gasteiger partial charge on any atom is -0.461 e. The lowest BCUT2D eigenvalue weighted by Gasteiger charge is -2.08. The van der Waals surface area contributed by atoms with Crippen molar-refractivity contribution in [3.05, 3.63) is 23.7 Å². The maximum absolute atomic E-state index is 5.77. The number of halogens is 1. The van der Waals surface area contributed by atoms with E-state index in [2.05, 4.69) is 20.1 Å². The fraction of sp³-hybridized carbons (Fsp3) is 0.333. The van der Waals surface area contributed by atoms with Crippen LogP contribution in [0.2, 0.25) is 5.28 Å². The first-order valence-corrected chi connectivity index (χ1v) is 5.11. The van der Waals surface area contributed by atoms with Crippen LogP contribution >= 0.6 is 11.6 Å². The predicted octanol–water partition coefficient (Wildman–Crippen LogP) is 1.50. The second-order valence-electron chi connectivity index (χ2n) is 3.30. The van der Waals surface area contributed by atoms with Gasteiger partial charge in [0, 0.05) is 12.4 Å². The summed E-state index contributed by atoms with van der Waals surface area (Å²) in [6.07, 6.45) is 3.31. The Hall–Kier alpha value is -1.69. The molecule has 2 aromatic heterocycles. The Balaban J connectivity index is 2.36. The van der Waals surface area contributed by atoms with Crippen molar-refractivity contribution in [3.8, 4) is 12.0 Å². The van der Waals surface area contributed by atoms with Crippen LogP contribution in [0.1, 0.15) is 13.8 Å². The molecule has 0 saturated carbocycles. The molecule has 0 bridgehead atoms. The van der Waals surface area contributed by atoms with Crippen LogP contribution in [0.3, 0.4) is 0 Å². The number of aromatic nitrogens is 5. The van der Waals surface area contributed by atoms with E-state index in [-0.39, 0.29) is 17.4 Å². The highest BCUT2D eigenvalue weighted by Gasteiger charge is 2.09. The van der Waals surface area contributed by atoms with Gasteiger partial charge in [0.15, 0.2) is 0 Å². The molecule has 0 unspecified atom stereocenters. The van der Waals surface area contributed by atoms with Crippen LogP contribution in [-0.4, -0.2) is 30.8 Å². The van der Waals surface area contributed by atoms with Gasteiger partial charge in [0.1, 0.15) is 0 Å². The summed E-state index contributed by atoms with van der Waals surface area (Å²) in [5.74, 6) is 0.334. The zero-order chi connectivity index (χ0) is 11.5. The molecule has 2 aromatic rings. The standard InChI is InChI=1S/C9H10ClN5O/c1-6(2)16-9-13-7(10)12-8(14-9)15-5-3-4-11-15/h3-6H,1-2H3. The Kier molecular flexibility index (Phi) is 3.00. The molecule has 0 aliphatic carbocycles. The summed E-state index contributed by atoms with van der Waals surface area (Å²) in [5.41, 5.74) is 0. The molecule has 0 fully saturated rings. The second-order valence-corrected chi connectivity index (χ2v) is 3.64. The summed E-state index contributed by atoms with van der Waals surface area (Å²) in [6, 6.07) is 1.96. The van der Waals surface area contributed by atoms with Crippen molar-refractivity contribution >= 4 is 11.6 Å². The molecule has 0 N–H and O–H groups in total. The van der Waals surface area contributed by atoms with Gasteiger partial charge in [0.05, 0.1) is 6.10 Å². The van der Waals surface area contributed by atoms with Gasteiger partial charge in [-0.15, -0.1) is 0 Å². The zero-order valence-electron chi connectivity index (χ0n) is 8.83. The molecule has 0 saturated heterocycles. The molecule has 16 heavy (non-hydrogen) atoms. The van der Waals surface area contributed by atoms with Crippen molar-refractivity contribution in [3.63, 3.8) is 0 Å². The molecule has 0 aliphatic heterocycles. The third-order valence-electron chi connectivity index (χ3n) is 1.63. The molecule has 6 nitrogen and oxygen atoms in total. The van der Waals surface area contributed by atoms with Crippen LogP contribution in [0, 0.1) is 0 Å². The minimum atomic E-state index is -0.0241. The molecule has 0 spiro atoms. The molecule has 0 aromatic carbocycles. The molecule has 0 amide bonds. The van der Waals surface area contributed by atoms with E-state index in [9.17, 15) is 0 Å². The summed E-state index contributed by atoms with van der Waals surface area (Å²) in [5, 5.41) is 4.08. The van der Waals surface area contributed by atoms with Gasteiger partial charge in [-0.25, -0.2) is 4.68 Å². The largest absolute Gasteiger partial charge is 0.461 e. The summed E-state index contributed by atoms with van der Waals surface area (Å²) in [7, 11) is 0. The highest BCUT2D eigenvalue weighted by molar-refractivity contribution is 6.28. The highest BCUT2D eigenvalue weighted by atomic mass is 35.5. The Labute approximate surface area is 97.3 Å². The van der Waals surface area contributed by atoms with E-state index in [0.29, 0.717) is 5.95 Å². The summed E-state index contributed by atoms with van der Waals surface area (Å²) < 4.78 is 6.83. The topological polar surface area (TPSA) is 65.7 Å². The molecule has 2 rings (SSSR count). The van der Waals surface area contributed by atoms with E-state index in [1.165, 1.54) is 4.68 Å². The third kappa shape index (κ3) is 2.46. The van der Waals surface area contributed by atoms with Crippen LogP contribution in [0.5, 0.6) is 6.01 Å². The second kappa shape index (κ2) is 4.44. The van der Waals surface area contributed by atoms with Crippen LogP contribution in [0.4, 0.5) is 0 Å². The van der Waals surface area contributed by atoms with E-state index >= 15 is 0 Å². The molecular weight excluding hydrogens is 230 g/mol. The highest BCUT2D eigenvalue weighted by Crippen LogP contribution is 2.11. The average molecular weight is 240 g/mol. The lowest BCUT2D eigenvalue weighted by Crippen LogP contribution is -2.11. The average Bonchev–Trinajstić information content (AvgIpc) is 2.67. The molecule has 7 heteroatoms. The molecule has 0 aliphatic rings. The summed E-state index contributed by atoms with van der Waals surface area (Å²) in [4.78, 5) is 11.9. The van der Waals surface area contributed by atoms with Crippen LogP contribution < -0.4 is 4.74 Å². The smallest absolute Gasteiger partial charge is 0.322 e. The van der Waals surface area contributed by atoms with E-state index in [4.69, 9.17) is 16.3 Å². The van der Waals surface area contributed by atoms with Gasteiger partial charge >= 0.3 is 6.01 Å². The summed E-state index contributed by atoms with van der Waals surface area (Å²) in [6.45, 7) is 3.76. The van der Waals surface area contributed by atoms with Gasteiger partial charge in [-0.05, 0) is 31.5 Å². The van der Waals surface area contributed by atoms with Crippen LogP contribution in [-0.2, 0) is 0 Å². The van der Waals surface area contributed by atoms with Crippen molar-refractivity contribution < 1.29 is 4.74 Å². The molecule has 0 atom stereocenters. The summed E-state index contributed by atoms with van der Waals surface area (Å²) >= 11 is 5.77. The Morgan fingerprint density at radius 2 is 2.12 bits per heavy atom. The minimum absolute atomic E-state index is 0.0241. The van der Waals surface area contributed by atoms with Crippen molar-refractivity contribution in [1.29, 1.82) is 0 Å². The lowest BCUT2D eigenvalue weighted by molar-refractivity contribution is 0.221. The fourth-order valence-corrected chi connectivity index (χ4v) is 1.22.